The van der Waals surface area contributed by atoms with Crippen LogP contribution in [0.4, 0.5) is 8.78 Å². The summed E-state index contributed by atoms with van der Waals surface area (Å²) in [4.78, 5) is 22.7. The van der Waals surface area contributed by atoms with Gasteiger partial charge in [0, 0.05) is 36.2 Å². The van der Waals surface area contributed by atoms with Crippen molar-refractivity contribution in [3.05, 3.63) is 41.2 Å². The number of likely N-dealkylation sites (tertiary alicyclic amines) is 1. The maximum Gasteiger partial charge on any atom is 0.271 e. The first kappa shape index (κ1) is 17.8. The largest absolute Gasteiger partial charge is 0.341 e. The first-order valence-electron chi connectivity index (χ1n) is 8.47. The third-order valence-electron chi connectivity index (χ3n) is 4.57. The Morgan fingerprint density at radius 1 is 1.30 bits per heavy atom. The summed E-state index contributed by atoms with van der Waals surface area (Å²) in [5.74, 6) is -3.10. The zero-order valence-electron chi connectivity index (χ0n) is 14.5. The lowest BCUT2D eigenvalue weighted by Gasteiger charge is -2.30. The molecule has 0 saturated carbocycles. The molecule has 1 aliphatic heterocycles. The van der Waals surface area contributed by atoms with E-state index in [1.807, 2.05) is 0 Å². The van der Waals surface area contributed by atoms with Crippen molar-refractivity contribution in [2.24, 2.45) is 0 Å². The van der Waals surface area contributed by atoms with Gasteiger partial charge in [-0.05, 0) is 18.6 Å². The quantitative estimate of drug-likeness (QED) is 0.683. The average Bonchev–Trinajstić information content (AvgIpc) is 2.95. The molecule has 0 radical (unpaired) electrons. The van der Waals surface area contributed by atoms with Crippen molar-refractivity contribution in [3.63, 3.8) is 0 Å². The molecule has 1 fully saturated rings. The summed E-state index contributed by atoms with van der Waals surface area (Å²) in [6.07, 6.45) is 4.03. The van der Waals surface area contributed by atoms with Crippen LogP contribution in [0.1, 0.15) is 18.9 Å². The van der Waals surface area contributed by atoms with Crippen LogP contribution >= 0.6 is 11.6 Å². The summed E-state index contributed by atoms with van der Waals surface area (Å²) < 4.78 is 29.0. The molecule has 0 aliphatic carbocycles. The van der Waals surface area contributed by atoms with Gasteiger partial charge in [0.1, 0.15) is 12.1 Å². The van der Waals surface area contributed by atoms with Crippen LogP contribution in [-0.4, -0.2) is 43.6 Å². The van der Waals surface area contributed by atoms with Gasteiger partial charge in [0.15, 0.2) is 5.65 Å². The van der Waals surface area contributed by atoms with E-state index in [0.717, 1.165) is 26.4 Å². The average molecular weight is 392 g/mol. The summed E-state index contributed by atoms with van der Waals surface area (Å²) in [7, 11) is 0. The minimum absolute atomic E-state index is 0.00882. The minimum Gasteiger partial charge on any atom is -0.341 e. The molecule has 3 aromatic rings. The lowest BCUT2D eigenvalue weighted by molar-refractivity contribution is -0.135. The van der Waals surface area contributed by atoms with Crippen molar-refractivity contribution in [2.75, 3.05) is 13.1 Å². The number of rotatable bonds is 4. The number of benzene rings is 1. The number of hydrogen-bond acceptors (Lipinski definition) is 4. The molecule has 0 N–H and O–H groups in total. The number of aromatic nitrogens is 4. The zero-order chi connectivity index (χ0) is 19.2. The van der Waals surface area contributed by atoms with Gasteiger partial charge in [-0.2, -0.15) is 5.10 Å². The van der Waals surface area contributed by atoms with E-state index in [4.69, 9.17) is 11.6 Å². The third-order valence-corrected chi connectivity index (χ3v) is 4.90. The minimum atomic E-state index is -3.07. The van der Waals surface area contributed by atoms with Gasteiger partial charge in [0.25, 0.3) is 5.92 Å². The maximum atomic E-state index is 13.8. The van der Waals surface area contributed by atoms with E-state index in [-0.39, 0.29) is 23.0 Å². The van der Waals surface area contributed by atoms with Crippen LogP contribution in [0.3, 0.4) is 0 Å². The number of halogens is 3. The van der Waals surface area contributed by atoms with Crippen LogP contribution in [0.25, 0.3) is 22.4 Å². The molecular weight excluding hydrogens is 376 g/mol. The fraction of sp³-hybridized carbons (Fsp3) is 0.333. The number of carbonyl (C=O) groups is 1. The van der Waals surface area contributed by atoms with Crippen molar-refractivity contribution >= 4 is 28.7 Å². The number of hydrogen-bond donors (Lipinski definition) is 0. The van der Waals surface area contributed by atoms with Crippen LogP contribution in [-0.2, 0) is 17.3 Å². The lowest BCUT2D eigenvalue weighted by Crippen LogP contribution is -2.43. The summed E-state index contributed by atoms with van der Waals surface area (Å²) in [5.41, 5.74) is 1.56. The Bertz CT molecular complexity index is 1030. The van der Waals surface area contributed by atoms with E-state index in [2.05, 4.69) is 15.1 Å². The molecular formula is C18H16ClF2N5O. The number of nitrogens with zero attached hydrogens (tertiary/aromatic N) is 5. The molecule has 1 saturated heterocycles. The second kappa shape index (κ2) is 6.53. The number of alkyl halides is 2. The SMILES string of the molecule is CC(F)(F)c1cc(-c2cnc3cnn(CC(=O)N4CCC4)c3n2)ccc1Cl. The van der Waals surface area contributed by atoms with E-state index in [1.165, 1.54) is 29.2 Å². The van der Waals surface area contributed by atoms with Crippen LogP contribution < -0.4 is 0 Å². The first-order chi connectivity index (χ1) is 12.8. The lowest BCUT2D eigenvalue weighted by atomic mass is 10.0. The van der Waals surface area contributed by atoms with E-state index in [0.29, 0.717) is 22.4 Å². The molecule has 3 heterocycles. The molecule has 0 spiro atoms. The van der Waals surface area contributed by atoms with E-state index in [9.17, 15) is 13.6 Å². The van der Waals surface area contributed by atoms with Crippen LogP contribution in [0, 0.1) is 0 Å². The molecule has 0 atom stereocenters. The summed E-state index contributed by atoms with van der Waals surface area (Å²) in [6.45, 7) is 2.38. The molecule has 1 amide bonds. The summed E-state index contributed by atoms with van der Waals surface area (Å²) >= 11 is 5.91. The normalized spacial score (nSPS) is 14.4. The standard InChI is InChI=1S/C18H16ClF2N5O/c1-18(20,21)12-7-11(3-4-13(12)19)14-8-22-15-9-23-26(17(15)24-14)10-16(27)25-5-2-6-25/h3-4,7-9H,2,5-6,10H2,1H3. The Morgan fingerprint density at radius 2 is 2.07 bits per heavy atom. The highest BCUT2D eigenvalue weighted by Crippen LogP contribution is 2.35. The van der Waals surface area contributed by atoms with Crippen molar-refractivity contribution < 1.29 is 13.6 Å². The van der Waals surface area contributed by atoms with E-state index in [1.54, 1.807) is 11.0 Å². The molecule has 9 heteroatoms. The van der Waals surface area contributed by atoms with Crippen LogP contribution in [0.2, 0.25) is 5.02 Å². The molecule has 2 aromatic heterocycles. The van der Waals surface area contributed by atoms with Crippen molar-refractivity contribution in [1.29, 1.82) is 0 Å². The Labute approximate surface area is 158 Å². The van der Waals surface area contributed by atoms with Crippen LogP contribution in [0.15, 0.2) is 30.6 Å². The summed E-state index contributed by atoms with van der Waals surface area (Å²) in [6, 6.07) is 4.34. The number of fused-ring (bicyclic) bond motifs is 1. The molecule has 1 aromatic carbocycles. The van der Waals surface area contributed by atoms with E-state index < -0.39 is 5.92 Å². The Kier molecular flexibility index (Phi) is 4.30. The molecule has 1 aliphatic rings. The third kappa shape index (κ3) is 3.37. The fourth-order valence-electron chi connectivity index (χ4n) is 2.92. The van der Waals surface area contributed by atoms with Gasteiger partial charge >= 0.3 is 0 Å². The Morgan fingerprint density at radius 3 is 2.74 bits per heavy atom. The van der Waals surface area contributed by atoms with Gasteiger partial charge in [-0.1, -0.05) is 17.7 Å². The smallest absolute Gasteiger partial charge is 0.271 e. The van der Waals surface area contributed by atoms with Gasteiger partial charge in [-0.15, -0.1) is 0 Å². The van der Waals surface area contributed by atoms with Crippen LogP contribution in [0.5, 0.6) is 0 Å². The first-order valence-corrected chi connectivity index (χ1v) is 8.85. The Hall–Kier alpha value is -2.61. The van der Waals surface area contributed by atoms with Gasteiger partial charge in [-0.25, -0.2) is 23.4 Å². The zero-order valence-corrected chi connectivity index (χ0v) is 15.2. The molecule has 6 nitrogen and oxygen atoms in total. The van der Waals surface area contributed by atoms with Gasteiger partial charge < -0.3 is 4.90 Å². The highest BCUT2D eigenvalue weighted by atomic mass is 35.5. The second-order valence-corrected chi connectivity index (χ2v) is 6.99. The van der Waals surface area contributed by atoms with Crippen molar-refractivity contribution in [2.45, 2.75) is 25.8 Å². The van der Waals surface area contributed by atoms with Gasteiger partial charge in [0.05, 0.1) is 18.1 Å². The molecule has 27 heavy (non-hydrogen) atoms. The highest BCUT2D eigenvalue weighted by Gasteiger charge is 2.28. The molecule has 4 rings (SSSR count). The predicted octanol–water partition coefficient (Wildman–Crippen LogP) is 3.49. The molecule has 0 bridgehead atoms. The maximum absolute atomic E-state index is 13.8. The topological polar surface area (TPSA) is 63.9 Å². The van der Waals surface area contributed by atoms with Crippen molar-refractivity contribution in [1.82, 2.24) is 24.6 Å². The molecule has 0 unspecified atom stereocenters. The number of carbonyl (C=O) groups excluding carboxylic acids is 1. The highest BCUT2D eigenvalue weighted by molar-refractivity contribution is 6.31. The second-order valence-electron chi connectivity index (χ2n) is 6.58. The number of amides is 1. The fourth-order valence-corrected chi connectivity index (χ4v) is 3.20. The van der Waals surface area contributed by atoms with Gasteiger partial charge in [0.2, 0.25) is 5.91 Å². The monoisotopic (exact) mass is 391 g/mol. The van der Waals surface area contributed by atoms with E-state index >= 15 is 0 Å². The molecule has 140 valence electrons. The van der Waals surface area contributed by atoms with Gasteiger partial charge in [-0.3, -0.25) is 4.79 Å². The Balaban J connectivity index is 1.71. The predicted molar refractivity (Wildman–Crippen MR) is 96.5 cm³/mol. The summed E-state index contributed by atoms with van der Waals surface area (Å²) in [5, 5.41) is 4.18. The van der Waals surface area contributed by atoms with Crippen molar-refractivity contribution in [3.8, 4) is 11.3 Å².